The molecule has 5 nitrogen and oxygen atoms in total. The number of carbonyl (C=O) groups excluding carboxylic acids is 1. The van der Waals surface area contributed by atoms with Crippen LogP contribution in [0.25, 0.3) is 11.4 Å². The minimum atomic E-state index is -4.48. The normalized spacial score (nSPS) is 12.4. The van der Waals surface area contributed by atoms with Crippen LogP contribution in [-0.4, -0.2) is 25.9 Å². The number of halogens is 3. The molecule has 156 valence electrons. The maximum absolute atomic E-state index is 12.9. The number of anilines is 1. The van der Waals surface area contributed by atoms with Crippen molar-refractivity contribution < 1.29 is 18.0 Å². The Labute approximate surface area is 176 Å². The summed E-state index contributed by atoms with van der Waals surface area (Å²) in [4.78, 5) is 12.5. The molecule has 1 aromatic heterocycles. The zero-order valence-corrected chi connectivity index (χ0v) is 16.9. The zero-order valence-electron chi connectivity index (χ0n) is 16.1. The molecule has 0 saturated carbocycles. The summed E-state index contributed by atoms with van der Waals surface area (Å²) >= 11 is 1.17. The van der Waals surface area contributed by atoms with Crippen molar-refractivity contribution in [2.45, 2.75) is 30.1 Å². The van der Waals surface area contributed by atoms with Crippen LogP contribution >= 0.6 is 11.8 Å². The van der Waals surface area contributed by atoms with E-state index in [1.54, 1.807) is 13.0 Å². The van der Waals surface area contributed by atoms with Gasteiger partial charge in [-0.25, -0.2) is 0 Å². The van der Waals surface area contributed by atoms with Crippen LogP contribution < -0.4 is 5.32 Å². The smallest absolute Gasteiger partial charge is 0.325 e. The second-order valence-electron chi connectivity index (χ2n) is 6.40. The van der Waals surface area contributed by atoms with Crippen molar-refractivity contribution >= 4 is 23.4 Å². The maximum atomic E-state index is 12.9. The van der Waals surface area contributed by atoms with E-state index in [0.717, 1.165) is 17.7 Å². The number of thioether (sulfide) groups is 1. The standard InChI is InChI=1S/C21H19F3N4OS/c1-3-12-28-18(15-8-5-4-6-9-15)26-27-20(28)30-14(2)19(29)25-17-11-7-10-16(13-17)21(22,23)24/h3-11,13-14H,1,12H2,2H3,(H,25,29). The van der Waals surface area contributed by atoms with Crippen molar-refractivity contribution in [1.82, 2.24) is 14.8 Å². The Bertz CT molecular complexity index is 1030. The molecule has 0 aliphatic rings. The first-order valence-corrected chi connectivity index (χ1v) is 9.92. The van der Waals surface area contributed by atoms with Gasteiger partial charge in [-0.05, 0) is 25.1 Å². The SMILES string of the molecule is C=CCn1c(SC(C)C(=O)Nc2cccc(C(F)(F)F)c2)nnc1-c1ccccc1. The molecule has 1 unspecified atom stereocenters. The highest BCUT2D eigenvalue weighted by Gasteiger charge is 2.30. The van der Waals surface area contributed by atoms with Crippen molar-refractivity contribution in [2.75, 3.05) is 5.32 Å². The lowest BCUT2D eigenvalue weighted by atomic mass is 10.2. The van der Waals surface area contributed by atoms with Crippen LogP contribution in [0.3, 0.4) is 0 Å². The molecule has 9 heteroatoms. The van der Waals surface area contributed by atoms with Gasteiger partial charge in [-0.2, -0.15) is 13.2 Å². The molecule has 0 saturated heterocycles. The Morgan fingerprint density at radius 1 is 1.20 bits per heavy atom. The van der Waals surface area contributed by atoms with Gasteiger partial charge in [0.05, 0.1) is 10.8 Å². The summed E-state index contributed by atoms with van der Waals surface area (Å²) in [5, 5.41) is 10.8. The summed E-state index contributed by atoms with van der Waals surface area (Å²) in [5.74, 6) is 0.206. The second kappa shape index (κ2) is 9.17. The van der Waals surface area contributed by atoms with Gasteiger partial charge in [0, 0.05) is 17.8 Å². The van der Waals surface area contributed by atoms with E-state index in [1.165, 1.54) is 23.9 Å². The molecule has 0 radical (unpaired) electrons. The van der Waals surface area contributed by atoms with E-state index < -0.39 is 22.9 Å². The summed E-state index contributed by atoms with van der Waals surface area (Å²) in [5.41, 5.74) is 0.137. The number of alkyl halides is 3. The molecule has 1 amide bonds. The quantitative estimate of drug-likeness (QED) is 0.408. The first-order chi connectivity index (χ1) is 14.3. The van der Waals surface area contributed by atoms with Crippen molar-refractivity contribution in [2.24, 2.45) is 0 Å². The Kier molecular flexibility index (Phi) is 6.61. The van der Waals surface area contributed by atoms with Crippen LogP contribution in [0.5, 0.6) is 0 Å². The lowest BCUT2D eigenvalue weighted by Gasteiger charge is -2.14. The zero-order chi connectivity index (χ0) is 21.7. The summed E-state index contributed by atoms with van der Waals surface area (Å²) < 4.78 is 40.4. The van der Waals surface area contributed by atoms with Crippen LogP contribution in [0.4, 0.5) is 18.9 Å². The lowest BCUT2D eigenvalue weighted by Crippen LogP contribution is -2.23. The number of benzene rings is 2. The maximum Gasteiger partial charge on any atom is 0.416 e. The fraction of sp³-hybridized carbons (Fsp3) is 0.190. The third-order valence-electron chi connectivity index (χ3n) is 4.17. The first-order valence-electron chi connectivity index (χ1n) is 9.04. The average molecular weight is 432 g/mol. The van der Waals surface area contributed by atoms with Gasteiger partial charge >= 0.3 is 6.18 Å². The molecule has 3 rings (SSSR count). The van der Waals surface area contributed by atoms with Gasteiger partial charge in [-0.15, -0.1) is 16.8 Å². The van der Waals surface area contributed by atoms with E-state index in [9.17, 15) is 18.0 Å². The number of hydrogen-bond acceptors (Lipinski definition) is 4. The number of carbonyl (C=O) groups is 1. The molecule has 0 spiro atoms. The van der Waals surface area contributed by atoms with Crippen molar-refractivity contribution in [3.05, 3.63) is 72.8 Å². The lowest BCUT2D eigenvalue weighted by molar-refractivity contribution is -0.137. The molecular weight excluding hydrogens is 413 g/mol. The molecular formula is C21H19F3N4OS. The number of rotatable bonds is 7. The fourth-order valence-corrected chi connectivity index (χ4v) is 3.56. The number of allylic oxidation sites excluding steroid dienone is 1. The fourth-order valence-electron chi connectivity index (χ4n) is 2.70. The number of nitrogens with zero attached hydrogens (tertiary/aromatic N) is 3. The van der Waals surface area contributed by atoms with Crippen LogP contribution in [0.2, 0.25) is 0 Å². The van der Waals surface area contributed by atoms with Gasteiger partial charge in [0.2, 0.25) is 5.91 Å². The predicted molar refractivity (Wildman–Crippen MR) is 111 cm³/mol. The number of hydrogen-bond donors (Lipinski definition) is 1. The third-order valence-corrected chi connectivity index (χ3v) is 5.25. The number of aromatic nitrogens is 3. The average Bonchev–Trinajstić information content (AvgIpc) is 3.11. The highest BCUT2D eigenvalue weighted by atomic mass is 32.2. The highest BCUT2D eigenvalue weighted by Crippen LogP contribution is 2.31. The van der Waals surface area contributed by atoms with Crippen molar-refractivity contribution in [3.63, 3.8) is 0 Å². The predicted octanol–water partition coefficient (Wildman–Crippen LogP) is 5.27. The van der Waals surface area contributed by atoms with E-state index >= 15 is 0 Å². The van der Waals surface area contributed by atoms with Gasteiger partial charge in [-0.3, -0.25) is 9.36 Å². The van der Waals surface area contributed by atoms with Gasteiger partial charge in [0.1, 0.15) is 0 Å². The number of nitrogens with one attached hydrogen (secondary N) is 1. The molecule has 0 aliphatic carbocycles. The molecule has 30 heavy (non-hydrogen) atoms. The molecule has 0 bridgehead atoms. The monoisotopic (exact) mass is 432 g/mol. The van der Waals surface area contributed by atoms with Gasteiger partial charge in [0.25, 0.3) is 0 Å². The van der Waals surface area contributed by atoms with E-state index in [4.69, 9.17) is 0 Å². The molecule has 1 atom stereocenters. The van der Waals surface area contributed by atoms with Gasteiger partial charge in [-0.1, -0.05) is 54.2 Å². The van der Waals surface area contributed by atoms with E-state index in [-0.39, 0.29) is 5.69 Å². The summed E-state index contributed by atoms with van der Waals surface area (Å²) in [6.07, 6.45) is -2.77. The minimum absolute atomic E-state index is 0.0832. The van der Waals surface area contributed by atoms with Crippen LogP contribution in [0, 0.1) is 0 Å². The largest absolute Gasteiger partial charge is 0.416 e. The molecule has 3 aromatic rings. The van der Waals surface area contributed by atoms with Gasteiger partial charge in [0.15, 0.2) is 11.0 Å². The Hall–Kier alpha value is -3.07. The summed E-state index contributed by atoms with van der Waals surface area (Å²) in [7, 11) is 0. The van der Waals surface area contributed by atoms with E-state index in [0.29, 0.717) is 17.5 Å². The molecule has 0 aliphatic heterocycles. The van der Waals surface area contributed by atoms with E-state index in [1.807, 2.05) is 34.9 Å². The highest BCUT2D eigenvalue weighted by molar-refractivity contribution is 8.00. The summed E-state index contributed by atoms with van der Waals surface area (Å²) in [6, 6.07) is 14.0. The third kappa shape index (κ3) is 5.10. The Morgan fingerprint density at radius 2 is 1.93 bits per heavy atom. The van der Waals surface area contributed by atoms with Crippen LogP contribution in [0.15, 0.2) is 72.4 Å². The molecule has 0 fully saturated rings. The molecule has 1 heterocycles. The molecule has 2 aromatic carbocycles. The van der Waals surface area contributed by atoms with E-state index in [2.05, 4.69) is 22.1 Å². The second-order valence-corrected chi connectivity index (χ2v) is 7.71. The topological polar surface area (TPSA) is 59.8 Å². The van der Waals surface area contributed by atoms with Crippen LogP contribution in [0.1, 0.15) is 12.5 Å². The van der Waals surface area contributed by atoms with Crippen molar-refractivity contribution in [1.29, 1.82) is 0 Å². The number of amides is 1. The first kappa shape index (κ1) is 21.6. The Balaban J connectivity index is 1.76. The summed E-state index contributed by atoms with van der Waals surface area (Å²) in [6.45, 7) is 5.85. The van der Waals surface area contributed by atoms with Crippen molar-refractivity contribution in [3.8, 4) is 11.4 Å². The molecule has 1 N–H and O–H groups in total. The van der Waals surface area contributed by atoms with Gasteiger partial charge < -0.3 is 5.32 Å². The Morgan fingerprint density at radius 3 is 2.60 bits per heavy atom. The minimum Gasteiger partial charge on any atom is -0.325 e. The van der Waals surface area contributed by atoms with Crippen LogP contribution in [-0.2, 0) is 17.5 Å².